The van der Waals surface area contributed by atoms with Gasteiger partial charge in [0.15, 0.2) is 0 Å². The molecule has 0 aromatic carbocycles. The van der Waals surface area contributed by atoms with E-state index in [1.54, 1.807) is 0 Å². The topological polar surface area (TPSA) is 32.5 Å². The molecule has 1 heterocycles. The van der Waals surface area contributed by atoms with E-state index in [0.717, 1.165) is 26.2 Å². The van der Waals surface area contributed by atoms with Gasteiger partial charge in [-0.1, -0.05) is 12.2 Å². The lowest BCUT2D eigenvalue weighted by Crippen LogP contribution is -2.35. The van der Waals surface area contributed by atoms with Gasteiger partial charge in [-0.25, -0.2) is 0 Å². The quantitative estimate of drug-likeness (QED) is 0.612. The van der Waals surface area contributed by atoms with Crippen molar-refractivity contribution < 1.29 is 0 Å². The minimum Gasteiger partial charge on any atom is -0.392 e. The van der Waals surface area contributed by atoms with Crippen molar-refractivity contribution in [2.24, 2.45) is 5.73 Å². The summed E-state index contributed by atoms with van der Waals surface area (Å²) in [7, 11) is 2.16. The lowest BCUT2D eigenvalue weighted by Gasteiger charge is -2.18. The highest BCUT2D eigenvalue weighted by Crippen LogP contribution is 1.99. The van der Waals surface area contributed by atoms with Crippen molar-refractivity contribution in [1.82, 2.24) is 9.80 Å². The van der Waals surface area contributed by atoms with E-state index < -0.39 is 0 Å². The smallest absolute Gasteiger partial charge is 0.0870 e. The third-order valence-electron chi connectivity index (χ3n) is 2.19. The van der Waals surface area contributed by atoms with E-state index in [-0.39, 0.29) is 0 Å². The molecule has 0 unspecified atom stereocenters. The molecule has 1 fully saturated rings. The second-order valence-corrected chi connectivity index (χ2v) is 3.92. The van der Waals surface area contributed by atoms with Gasteiger partial charge in [0.05, 0.1) is 4.99 Å². The van der Waals surface area contributed by atoms with Gasteiger partial charge in [-0.15, -0.1) is 0 Å². The first kappa shape index (κ1) is 9.89. The van der Waals surface area contributed by atoms with Crippen LogP contribution in [0.3, 0.4) is 0 Å². The summed E-state index contributed by atoms with van der Waals surface area (Å²) < 4.78 is 0. The number of hydrogen-bond acceptors (Lipinski definition) is 3. The average molecular weight is 187 g/mol. The van der Waals surface area contributed by atoms with Crippen molar-refractivity contribution in [2.75, 3.05) is 39.8 Å². The van der Waals surface area contributed by atoms with Gasteiger partial charge >= 0.3 is 0 Å². The summed E-state index contributed by atoms with van der Waals surface area (Å²) >= 11 is 4.87. The standard InChI is InChI=1S/C8H17N3S/c1-10-3-2-4-11(6-5-10)7-8(9)12/h2-7H2,1H3,(H2,9,12). The van der Waals surface area contributed by atoms with Crippen LogP contribution in [0.1, 0.15) is 6.42 Å². The first-order chi connectivity index (χ1) is 5.68. The predicted octanol–water partition coefficient (Wildman–Crippen LogP) is -0.0900. The van der Waals surface area contributed by atoms with Crippen LogP contribution in [0.25, 0.3) is 0 Å². The summed E-state index contributed by atoms with van der Waals surface area (Å²) in [5.74, 6) is 0. The van der Waals surface area contributed by atoms with E-state index in [2.05, 4.69) is 16.8 Å². The van der Waals surface area contributed by atoms with E-state index in [0.29, 0.717) is 4.99 Å². The zero-order valence-electron chi connectivity index (χ0n) is 7.62. The molecule has 0 aromatic heterocycles. The molecule has 0 spiro atoms. The third kappa shape index (κ3) is 3.47. The normalized spacial score (nSPS) is 22.1. The summed E-state index contributed by atoms with van der Waals surface area (Å²) in [4.78, 5) is 5.28. The molecule has 0 bridgehead atoms. The molecule has 4 heteroatoms. The Hall–Kier alpha value is -0.190. The Morgan fingerprint density at radius 2 is 2.08 bits per heavy atom. The molecule has 1 aliphatic rings. The van der Waals surface area contributed by atoms with Crippen molar-refractivity contribution in [3.63, 3.8) is 0 Å². The second-order valence-electron chi connectivity index (χ2n) is 3.40. The largest absolute Gasteiger partial charge is 0.392 e. The molecule has 0 aliphatic carbocycles. The SMILES string of the molecule is CN1CCCN(CC(N)=S)CC1. The number of hydrogen-bond donors (Lipinski definition) is 1. The van der Waals surface area contributed by atoms with Gasteiger partial charge < -0.3 is 10.6 Å². The second kappa shape index (κ2) is 4.74. The summed E-state index contributed by atoms with van der Waals surface area (Å²) in [6.45, 7) is 5.31. The molecular weight excluding hydrogens is 170 g/mol. The Kier molecular flexibility index (Phi) is 3.91. The molecule has 0 saturated carbocycles. The van der Waals surface area contributed by atoms with Gasteiger partial charge in [-0.05, 0) is 26.6 Å². The maximum atomic E-state index is 5.49. The highest BCUT2D eigenvalue weighted by Gasteiger charge is 2.11. The molecule has 70 valence electrons. The van der Waals surface area contributed by atoms with Crippen molar-refractivity contribution >= 4 is 17.2 Å². The van der Waals surface area contributed by atoms with Crippen LogP contribution in [0.2, 0.25) is 0 Å². The number of rotatable bonds is 2. The fourth-order valence-corrected chi connectivity index (χ4v) is 1.66. The van der Waals surface area contributed by atoms with Crippen LogP contribution in [0.5, 0.6) is 0 Å². The molecule has 1 aliphatic heterocycles. The van der Waals surface area contributed by atoms with Gasteiger partial charge in [0.2, 0.25) is 0 Å². The number of nitrogens with zero attached hydrogens (tertiary/aromatic N) is 2. The van der Waals surface area contributed by atoms with Crippen LogP contribution in [-0.4, -0.2) is 54.6 Å². The molecule has 0 aromatic rings. The van der Waals surface area contributed by atoms with Crippen molar-refractivity contribution in [3.8, 4) is 0 Å². The molecule has 0 radical (unpaired) electrons. The molecule has 1 rings (SSSR count). The van der Waals surface area contributed by atoms with Crippen LogP contribution < -0.4 is 5.73 Å². The van der Waals surface area contributed by atoms with Crippen molar-refractivity contribution in [2.45, 2.75) is 6.42 Å². The van der Waals surface area contributed by atoms with Gasteiger partial charge in [0.25, 0.3) is 0 Å². The maximum absolute atomic E-state index is 5.49. The molecule has 1 saturated heterocycles. The Morgan fingerprint density at radius 1 is 1.33 bits per heavy atom. The Bertz CT molecular complexity index is 160. The average Bonchev–Trinajstić information content (AvgIpc) is 2.15. The van der Waals surface area contributed by atoms with Crippen LogP contribution in [0.4, 0.5) is 0 Å². The first-order valence-corrected chi connectivity index (χ1v) is 4.78. The molecule has 3 nitrogen and oxygen atoms in total. The molecule has 12 heavy (non-hydrogen) atoms. The Morgan fingerprint density at radius 3 is 2.75 bits per heavy atom. The fourth-order valence-electron chi connectivity index (χ4n) is 1.48. The molecule has 0 atom stereocenters. The van der Waals surface area contributed by atoms with E-state index >= 15 is 0 Å². The Labute approximate surface area is 79.5 Å². The van der Waals surface area contributed by atoms with Crippen LogP contribution in [0.15, 0.2) is 0 Å². The number of thiocarbonyl (C=S) groups is 1. The van der Waals surface area contributed by atoms with E-state index in [9.17, 15) is 0 Å². The fraction of sp³-hybridized carbons (Fsp3) is 0.875. The van der Waals surface area contributed by atoms with E-state index in [1.807, 2.05) is 0 Å². The van der Waals surface area contributed by atoms with Crippen LogP contribution >= 0.6 is 12.2 Å². The van der Waals surface area contributed by atoms with E-state index in [1.165, 1.54) is 13.0 Å². The zero-order chi connectivity index (χ0) is 8.97. The van der Waals surface area contributed by atoms with Gasteiger partial charge in [0, 0.05) is 19.6 Å². The highest BCUT2D eigenvalue weighted by atomic mass is 32.1. The lowest BCUT2D eigenvalue weighted by molar-refractivity contribution is 0.306. The third-order valence-corrected chi connectivity index (χ3v) is 2.32. The molecule has 2 N–H and O–H groups in total. The summed E-state index contributed by atoms with van der Waals surface area (Å²) in [6, 6.07) is 0. The number of likely N-dealkylation sites (N-methyl/N-ethyl adjacent to an activating group) is 1. The number of nitrogens with two attached hydrogens (primary N) is 1. The summed E-state index contributed by atoms with van der Waals surface area (Å²) in [6.07, 6.45) is 1.22. The Balaban J connectivity index is 2.30. The monoisotopic (exact) mass is 187 g/mol. The van der Waals surface area contributed by atoms with Gasteiger partial charge in [-0.3, -0.25) is 4.90 Å². The minimum atomic E-state index is 0.611. The van der Waals surface area contributed by atoms with Gasteiger partial charge in [-0.2, -0.15) is 0 Å². The highest BCUT2D eigenvalue weighted by molar-refractivity contribution is 7.80. The first-order valence-electron chi connectivity index (χ1n) is 4.37. The van der Waals surface area contributed by atoms with Crippen LogP contribution in [-0.2, 0) is 0 Å². The minimum absolute atomic E-state index is 0.611. The van der Waals surface area contributed by atoms with Gasteiger partial charge in [0.1, 0.15) is 0 Å². The molecular formula is C8H17N3S. The summed E-state index contributed by atoms with van der Waals surface area (Å²) in [5, 5.41) is 0. The summed E-state index contributed by atoms with van der Waals surface area (Å²) in [5.41, 5.74) is 5.49. The zero-order valence-corrected chi connectivity index (χ0v) is 8.44. The van der Waals surface area contributed by atoms with Crippen molar-refractivity contribution in [3.05, 3.63) is 0 Å². The van der Waals surface area contributed by atoms with Crippen LogP contribution in [0, 0.1) is 0 Å². The van der Waals surface area contributed by atoms with Crippen molar-refractivity contribution in [1.29, 1.82) is 0 Å². The lowest BCUT2D eigenvalue weighted by atomic mass is 10.4. The van der Waals surface area contributed by atoms with E-state index in [4.69, 9.17) is 18.0 Å². The molecule has 0 amide bonds. The maximum Gasteiger partial charge on any atom is 0.0870 e. The predicted molar refractivity (Wildman–Crippen MR) is 55.3 cm³/mol.